The highest BCUT2D eigenvalue weighted by molar-refractivity contribution is 7.15. The molecule has 1 aliphatic carbocycles. The lowest BCUT2D eigenvalue weighted by Crippen LogP contribution is -2.39. The third-order valence-corrected chi connectivity index (χ3v) is 4.65. The summed E-state index contributed by atoms with van der Waals surface area (Å²) in [6, 6.07) is 6.25. The SMILES string of the molecule is O=CC(=O)N[C@H]1CCc2nc(-c3ccc(F)cc3)sc2C1. The summed E-state index contributed by atoms with van der Waals surface area (Å²) in [5.74, 6) is -0.844. The van der Waals surface area contributed by atoms with Crippen LogP contribution in [0, 0.1) is 5.82 Å². The number of benzene rings is 1. The highest BCUT2D eigenvalue weighted by atomic mass is 32.1. The molecule has 0 saturated carbocycles. The Bertz CT molecular complexity index is 681. The van der Waals surface area contributed by atoms with Gasteiger partial charge in [0.05, 0.1) is 5.69 Å². The summed E-state index contributed by atoms with van der Waals surface area (Å²) in [5.41, 5.74) is 1.93. The van der Waals surface area contributed by atoms with E-state index in [0.717, 1.165) is 34.0 Å². The molecule has 1 aromatic heterocycles. The number of carbonyl (C=O) groups excluding carboxylic acids is 2. The van der Waals surface area contributed by atoms with E-state index in [4.69, 9.17) is 0 Å². The summed E-state index contributed by atoms with van der Waals surface area (Å²) in [5, 5.41) is 3.55. The van der Waals surface area contributed by atoms with Crippen molar-refractivity contribution in [2.75, 3.05) is 0 Å². The van der Waals surface area contributed by atoms with E-state index in [1.54, 1.807) is 23.5 Å². The summed E-state index contributed by atoms with van der Waals surface area (Å²) >= 11 is 1.56. The van der Waals surface area contributed by atoms with Crippen LogP contribution in [0.15, 0.2) is 24.3 Å². The number of aldehydes is 1. The Balaban J connectivity index is 1.79. The summed E-state index contributed by atoms with van der Waals surface area (Å²) in [6.45, 7) is 0. The second kappa shape index (κ2) is 5.73. The molecular formula is C15H13FN2O2S. The van der Waals surface area contributed by atoms with Crippen LogP contribution >= 0.6 is 11.3 Å². The lowest BCUT2D eigenvalue weighted by molar-refractivity contribution is -0.131. The lowest BCUT2D eigenvalue weighted by atomic mass is 9.97. The van der Waals surface area contributed by atoms with Gasteiger partial charge in [0.2, 0.25) is 6.29 Å². The van der Waals surface area contributed by atoms with Gasteiger partial charge in [0, 0.05) is 22.9 Å². The molecule has 0 bridgehead atoms. The molecule has 1 heterocycles. The second-order valence-corrected chi connectivity index (χ2v) is 6.05. The van der Waals surface area contributed by atoms with Gasteiger partial charge in [-0.05, 0) is 37.1 Å². The van der Waals surface area contributed by atoms with Gasteiger partial charge in [-0.2, -0.15) is 0 Å². The Morgan fingerprint density at radius 1 is 1.38 bits per heavy atom. The maximum atomic E-state index is 12.9. The smallest absolute Gasteiger partial charge is 0.284 e. The minimum Gasteiger partial charge on any atom is -0.347 e. The van der Waals surface area contributed by atoms with Crippen molar-refractivity contribution in [2.24, 2.45) is 0 Å². The molecule has 0 unspecified atom stereocenters. The molecule has 1 amide bonds. The number of halogens is 1. The normalized spacial score (nSPS) is 17.1. The number of nitrogens with zero attached hydrogens (tertiary/aromatic N) is 1. The van der Waals surface area contributed by atoms with E-state index in [2.05, 4.69) is 10.3 Å². The van der Waals surface area contributed by atoms with Crippen molar-refractivity contribution in [3.8, 4) is 10.6 Å². The van der Waals surface area contributed by atoms with Crippen molar-refractivity contribution in [3.63, 3.8) is 0 Å². The Kier molecular flexibility index (Phi) is 3.79. The number of amides is 1. The van der Waals surface area contributed by atoms with Gasteiger partial charge in [0.1, 0.15) is 10.8 Å². The summed E-state index contributed by atoms with van der Waals surface area (Å²) in [6.07, 6.45) is 2.54. The molecule has 1 aliphatic rings. The highest BCUT2D eigenvalue weighted by Crippen LogP contribution is 2.32. The molecule has 2 aromatic rings. The van der Waals surface area contributed by atoms with Gasteiger partial charge < -0.3 is 5.32 Å². The number of hydrogen-bond donors (Lipinski definition) is 1. The summed E-state index contributed by atoms with van der Waals surface area (Å²) in [7, 11) is 0. The van der Waals surface area contributed by atoms with Crippen LogP contribution in [0.3, 0.4) is 0 Å². The van der Waals surface area contributed by atoms with Gasteiger partial charge in [-0.15, -0.1) is 11.3 Å². The fourth-order valence-electron chi connectivity index (χ4n) is 2.45. The van der Waals surface area contributed by atoms with Gasteiger partial charge in [-0.1, -0.05) is 0 Å². The molecule has 6 heteroatoms. The first-order chi connectivity index (χ1) is 10.2. The van der Waals surface area contributed by atoms with E-state index in [9.17, 15) is 14.0 Å². The number of fused-ring (bicyclic) bond motifs is 1. The van der Waals surface area contributed by atoms with Gasteiger partial charge in [0.25, 0.3) is 5.91 Å². The Morgan fingerprint density at radius 2 is 2.14 bits per heavy atom. The number of aromatic nitrogens is 1. The van der Waals surface area contributed by atoms with Crippen LogP contribution in [-0.4, -0.2) is 23.2 Å². The number of hydrogen-bond acceptors (Lipinski definition) is 4. The molecule has 0 aliphatic heterocycles. The van der Waals surface area contributed by atoms with Crippen LogP contribution < -0.4 is 5.32 Å². The molecule has 0 radical (unpaired) electrons. The van der Waals surface area contributed by atoms with E-state index in [0.29, 0.717) is 12.7 Å². The van der Waals surface area contributed by atoms with Gasteiger partial charge >= 0.3 is 0 Å². The molecule has 21 heavy (non-hydrogen) atoms. The molecule has 0 spiro atoms. The first kappa shape index (κ1) is 13.9. The number of nitrogens with one attached hydrogen (secondary N) is 1. The van der Waals surface area contributed by atoms with Gasteiger partial charge in [0.15, 0.2) is 0 Å². The number of carbonyl (C=O) groups is 2. The van der Waals surface area contributed by atoms with Crippen molar-refractivity contribution in [3.05, 3.63) is 40.7 Å². The van der Waals surface area contributed by atoms with Crippen LogP contribution in [0.2, 0.25) is 0 Å². The lowest BCUT2D eigenvalue weighted by Gasteiger charge is -2.21. The minimum atomic E-state index is -0.577. The molecule has 4 nitrogen and oxygen atoms in total. The van der Waals surface area contributed by atoms with Gasteiger partial charge in [-0.25, -0.2) is 9.37 Å². The van der Waals surface area contributed by atoms with E-state index < -0.39 is 5.91 Å². The molecule has 3 rings (SSSR count). The van der Waals surface area contributed by atoms with Crippen LogP contribution in [0.1, 0.15) is 17.0 Å². The predicted octanol–water partition coefficient (Wildman–Crippen LogP) is 2.12. The first-order valence-electron chi connectivity index (χ1n) is 6.66. The molecule has 1 atom stereocenters. The largest absolute Gasteiger partial charge is 0.347 e. The second-order valence-electron chi connectivity index (χ2n) is 4.96. The molecule has 0 saturated heterocycles. The molecule has 1 N–H and O–H groups in total. The topological polar surface area (TPSA) is 59.1 Å². The average Bonchev–Trinajstić information content (AvgIpc) is 2.91. The maximum Gasteiger partial charge on any atom is 0.284 e. The molecule has 108 valence electrons. The summed E-state index contributed by atoms with van der Waals surface area (Å²) in [4.78, 5) is 27.2. The van der Waals surface area contributed by atoms with Crippen molar-refractivity contribution >= 4 is 23.5 Å². The molecule has 0 fully saturated rings. The number of thiazole rings is 1. The van der Waals surface area contributed by atoms with Crippen molar-refractivity contribution in [1.82, 2.24) is 10.3 Å². The Hall–Kier alpha value is -2.08. The highest BCUT2D eigenvalue weighted by Gasteiger charge is 2.23. The standard InChI is InChI=1S/C15H13FN2O2S/c16-10-3-1-9(2-4-10)15-18-12-6-5-11(7-13(12)21-15)17-14(20)8-19/h1-4,8,11H,5-7H2,(H,17,20)/t11-/m0/s1. The maximum absolute atomic E-state index is 12.9. The van der Waals surface area contributed by atoms with Crippen LogP contribution in [-0.2, 0) is 22.4 Å². The van der Waals surface area contributed by atoms with Crippen molar-refractivity contribution < 1.29 is 14.0 Å². The number of aryl methyl sites for hydroxylation is 1. The average molecular weight is 304 g/mol. The van der Waals surface area contributed by atoms with E-state index in [-0.39, 0.29) is 11.9 Å². The zero-order chi connectivity index (χ0) is 14.8. The third kappa shape index (κ3) is 3.00. The summed E-state index contributed by atoms with van der Waals surface area (Å²) < 4.78 is 12.9. The first-order valence-corrected chi connectivity index (χ1v) is 7.47. The van der Waals surface area contributed by atoms with E-state index >= 15 is 0 Å². The van der Waals surface area contributed by atoms with Crippen LogP contribution in [0.4, 0.5) is 4.39 Å². The predicted molar refractivity (Wildman–Crippen MR) is 77.5 cm³/mol. The van der Waals surface area contributed by atoms with E-state index in [1.165, 1.54) is 12.1 Å². The van der Waals surface area contributed by atoms with Crippen LogP contribution in [0.5, 0.6) is 0 Å². The third-order valence-electron chi connectivity index (χ3n) is 3.48. The van der Waals surface area contributed by atoms with E-state index in [1.807, 2.05) is 0 Å². The van der Waals surface area contributed by atoms with Gasteiger partial charge in [-0.3, -0.25) is 9.59 Å². The fraction of sp³-hybridized carbons (Fsp3) is 0.267. The Morgan fingerprint density at radius 3 is 2.86 bits per heavy atom. The zero-order valence-electron chi connectivity index (χ0n) is 11.1. The number of rotatable bonds is 3. The van der Waals surface area contributed by atoms with Crippen LogP contribution in [0.25, 0.3) is 10.6 Å². The Labute approximate surface area is 125 Å². The monoisotopic (exact) mass is 304 g/mol. The minimum absolute atomic E-state index is 0.0169. The fourth-order valence-corrected chi connectivity index (χ4v) is 3.64. The quantitative estimate of drug-likeness (QED) is 0.698. The van der Waals surface area contributed by atoms with Crippen molar-refractivity contribution in [1.29, 1.82) is 0 Å². The molecular weight excluding hydrogens is 291 g/mol. The molecule has 1 aromatic carbocycles. The van der Waals surface area contributed by atoms with Crippen molar-refractivity contribution in [2.45, 2.75) is 25.3 Å². The zero-order valence-corrected chi connectivity index (χ0v) is 12.0.